The van der Waals surface area contributed by atoms with Crippen molar-refractivity contribution in [2.75, 3.05) is 6.61 Å². The zero-order chi connectivity index (χ0) is 18.6. The van der Waals surface area contributed by atoms with Crippen molar-refractivity contribution in [3.8, 4) is 10.8 Å². The summed E-state index contributed by atoms with van der Waals surface area (Å²) in [6.45, 7) is 3.89. The molecule has 6 nitrogen and oxygen atoms in total. The summed E-state index contributed by atoms with van der Waals surface area (Å²) in [5, 5.41) is 4.90. The zero-order valence-corrected chi connectivity index (χ0v) is 16.0. The molecule has 0 atom stereocenters. The smallest absolute Gasteiger partial charge is 0.331 e. The van der Waals surface area contributed by atoms with Gasteiger partial charge in [-0.15, -0.1) is 11.3 Å². The summed E-state index contributed by atoms with van der Waals surface area (Å²) < 4.78 is 10.9. The minimum Gasteiger partial charge on any atom is -0.464 e. The molecule has 0 saturated heterocycles. The Kier molecular flexibility index (Phi) is 5.76. The second-order valence-corrected chi connectivity index (χ2v) is 7.54. The first-order chi connectivity index (χ1) is 12.5. The van der Waals surface area contributed by atoms with Crippen molar-refractivity contribution >= 4 is 23.2 Å². The number of oxazole rings is 1. The van der Waals surface area contributed by atoms with Crippen molar-refractivity contribution in [2.45, 2.75) is 57.9 Å². The summed E-state index contributed by atoms with van der Waals surface area (Å²) in [6.07, 6.45) is 4.21. The van der Waals surface area contributed by atoms with Crippen LogP contribution in [0.1, 0.15) is 50.5 Å². The Labute approximate surface area is 157 Å². The lowest BCUT2D eigenvalue weighted by molar-refractivity contribution is -0.155. The van der Waals surface area contributed by atoms with Crippen molar-refractivity contribution in [2.24, 2.45) is 0 Å². The second kappa shape index (κ2) is 8.03. The number of ether oxygens (including phenoxy) is 1. The fraction of sp³-hybridized carbons (Fsp3) is 0.526. The third-order valence-electron chi connectivity index (χ3n) is 4.70. The highest BCUT2D eigenvalue weighted by atomic mass is 32.1. The first-order valence-corrected chi connectivity index (χ1v) is 9.90. The van der Waals surface area contributed by atoms with Gasteiger partial charge in [0.2, 0.25) is 11.8 Å². The van der Waals surface area contributed by atoms with Crippen LogP contribution < -0.4 is 5.32 Å². The topological polar surface area (TPSA) is 81.4 Å². The lowest BCUT2D eigenvalue weighted by atomic mass is 9.81. The number of carbonyl (C=O) groups excluding carboxylic acids is 2. The van der Waals surface area contributed by atoms with E-state index in [1.807, 2.05) is 17.5 Å². The summed E-state index contributed by atoms with van der Waals surface area (Å²) in [7, 11) is 0. The maximum absolute atomic E-state index is 12.6. The molecule has 140 valence electrons. The predicted molar refractivity (Wildman–Crippen MR) is 98.8 cm³/mol. The molecule has 0 bridgehead atoms. The number of aryl methyl sites for hydroxylation is 1. The van der Waals surface area contributed by atoms with Gasteiger partial charge in [-0.1, -0.05) is 25.3 Å². The molecule has 2 aromatic rings. The number of hydrogen-bond donors (Lipinski definition) is 1. The molecule has 1 fully saturated rings. The van der Waals surface area contributed by atoms with Crippen molar-refractivity contribution in [1.29, 1.82) is 0 Å². The molecule has 3 rings (SSSR count). The van der Waals surface area contributed by atoms with E-state index in [4.69, 9.17) is 9.15 Å². The van der Waals surface area contributed by atoms with Crippen molar-refractivity contribution in [3.05, 3.63) is 29.0 Å². The van der Waals surface area contributed by atoms with Crippen LogP contribution in [0.2, 0.25) is 0 Å². The summed E-state index contributed by atoms with van der Waals surface area (Å²) in [4.78, 5) is 30.5. The molecule has 1 saturated carbocycles. The van der Waals surface area contributed by atoms with Crippen molar-refractivity contribution in [3.63, 3.8) is 0 Å². The SMILES string of the molecule is CCOC(=O)C1(NC(=O)Cc2nc(-c3cccs3)oc2C)CCCCC1. The Bertz CT molecular complexity index is 761. The molecular weight excluding hydrogens is 352 g/mol. The van der Waals surface area contributed by atoms with Crippen LogP contribution >= 0.6 is 11.3 Å². The van der Waals surface area contributed by atoms with E-state index in [0.29, 0.717) is 36.8 Å². The standard InChI is InChI=1S/C19H24N2O4S/c1-3-24-18(23)19(9-5-4-6-10-19)21-16(22)12-14-13(2)25-17(20-14)15-8-7-11-26-15/h7-8,11H,3-6,9-10,12H2,1-2H3,(H,21,22). The van der Waals surface area contributed by atoms with Crippen LogP contribution in [0.5, 0.6) is 0 Å². The molecule has 0 aromatic carbocycles. The Balaban J connectivity index is 1.72. The van der Waals surface area contributed by atoms with Gasteiger partial charge >= 0.3 is 5.97 Å². The molecule has 0 radical (unpaired) electrons. The second-order valence-electron chi connectivity index (χ2n) is 6.59. The van der Waals surface area contributed by atoms with E-state index < -0.39 is 5.54 Å². The van der Waals surface area contributed by atoms with Crippen LogP contribution in [-0.4, -0.2) is 29.0 Å². The third kappa shape index (κ3) is 3.98. The maximum Gasteiger partial charge on any atom is 0.331 e. The number of nitrogens with one attached hydrogen (secondary N) is 1. The molecule has 1 amide bonds. The van der Waals surface area contributed by atoms with Crippen LogP contribution in [0, 0.1) is 6.92 Å². The van der Waals surface area contributed by atoms with Gasteiger partial charge in [0.15, 0.2) is 0 Å². The number of nitrogens with zero attached hydrogens (tertiary/aromatic N) is 1. The highest BCUT2D eigenvalue weighted by Crippen LogP contribution is 2.30. The number of hydrogen-bond acceptors (Lipinski definition) is 6. The lowest BCUT2D eigenvalue weighted by Crippen LogP contribution is -2.56. The van der Waals surface area contributed by atoms with Gasteiger partial charge in [0.05, 0.1) is 23.6 Å². The van der Waals surface area contributed by atoms with E-state index in [0.717, 1.165) is 24.1 Å². The summed E-state index contributed by atoms with van der Waals surface area (Å²) >= 11 is 1.54. The van der Waals surface area contributed by atoms with Crippen molar-refractivity contribution < 1.29 is 18.7 Å². The molecule has 0 aliphatic heterocycles. The quantitative estimate of drug-likeness (QED) is 0.779. The van der Waals surface area contributed by atoms with E-state index in [2.05, 4.69) is 10.3 Å². The van der Waals surface area contributed by atoms with Gasteiger partial charge in [0.25, 0.3) is 0 Å². The average molecular weight is 376 g/mol. The number of carbonyl (C=O) groups is 2. The van der Waals surface area contributed by atoms with E-state index in [1.165, 1.54) is 11.3 Å². The van der Waals surface area contributed by atoms with Crippen LogP contribution in [0.25, 0.3) is 10.8 Å². The normalized spacial score (nSPS) is 16.2. The van der Waals surface area contributed by atoms with Gasteiger partial charge in [-0.05, 0) is 38.1 Å². The van der Waals surface area contributed by atoms with Gasteiger partial charge < -0.3 is 14.5 Å². The first kappa shape index (κ1) is 18.6. The zero-order valence-electron chi connectivity index (χ0n) is 15.2. The van der Waals surface area contributed by atoms with Crippen molar-refractivity contribution in [1.82, 2.24) is 10.3 Å². The van der Waals surface area contributed by atoms with Gasteiger partial charge in [-0.25, -0.2) is 9.78 Å². The van der Waals surface area contributed by atoms with Crippen LogP contribution in [-0.2, 0) is 20.7 Å². The molecule has 1 N–H and O–H groups in total. The molecule has 26 heavy (non-hydrogen) atoms. The van der Waals surface area contributed by atoms with E-state index in [9.17, 15) is 9.59 Å². The van der Waals surface area contributed by atoms with Crippen LogP contribution in [0.4, 0.5) is 0 Å². The Morgan fingerprint density at radius 3 is 2.77 bits per heavy atom. The molecule has 1 aliphatic rings. The minimum absolute atomic E-state index is 0.0852. The van der Waals surface area contributed by atoms with E-state index in [1.54, 1.807) is 13.8 Å². The molecule has 0 spiro atoms. The molecule has 1 aliphatic carbocycles. The van der Waals surface area contributed by atoms with E-state index >= 15 is 0 Å². The summed E-state index contributed by atoms with van der Waals surface area (Å²) in [5.41, 5.74) is -0.305. The molecule has 2 heterocycles. The number of esters is 1. The Morgan fingerprint density at radius 1 is 1.35 bits per heavy atom. The number of aromatic nitrogens is 1. The number of amides is 1. The highest BCUT2D eigenvalue weighted by Gasteiger charge is 2.42. The highest BCUT2D eigenvalue weighted by molar-refractivity contribution is 7.13. The first-order valence-electron chi connectivity index (χ1n) is 9.02. The lowest BCUT2D eigenvalue weighted by Gasteiger charge is -2.35. The minimum atomic E-state index is -0.903. The van der Waals surface area contributed by atoms with Crippen LogP contribution in [0.15, 0.2) is 21.9 Å². The van der Waals surface area contributed by atoms with Gasteiger partial charge in [0.1, 0.15) is 11.3 Å². The van der Waals surface area contributed by atoms with Gasteiger partial charge in [-0.3, -0.25) is 4.79 Å². The predicted octanol–water partition coefficient (Wildman–Crippen LogP) is 3.64. The molecule has 2 aromatic heterocycles. The van der Waals surface area contributed by atoms with E-state index in [-0.39, 0.29) is 18.3 Å². The third-order valence-corrected chi connectivity index (χ3v) is 5.56. The molecule has 7 heteroatoms. The Hall–Kier alpha value is -2.15. The van der Waals surface area contributed by atoms with Crippen LogP contribution in [0.3, 0.4) is 0 Å². The average Bonchev–Trinajstić information content (AvgIpc) is 3.26. The van der Waals surface area contributed by atoms with Gasteiger partial charge in [0, 0.05) is 0 Å². The molecule has 0 unspecified atom stereocenters. The largest absolute Gasteiger partial charge is 0.464 e. The number of rotatable bonds is 6. The fourth-order valence-corrected chi connectivity index (χ4v) is 4.01. The summed E-state index contributed by atoms with van der Waals surface area (Å²) in [5.74, 6) is 0.591. The number of thiophene rings is 1. The maximum atomic E-state index is 12.6. The fourth-order valence-electron chi connectivity index (χ4n) is 3.37. The summed E-state index contributed by atoms with van der Waals surface area (Å²) in [6, 6.07) is 3.86. The Morgan fingerprint density at radius 2 is 2.12 bits per heavy atom. The monoisotopic (exact) mass is 376 g/mol. The van der Waals surface area contributed by atoms with Gasteiger partial charge in [-0.2, -0.15) is 0 Å². The molecular formula is C19H24N2O4S.